The van der Waals surface area contributed by atoms with Gasteiger partial charge in [0.15, 0.2) is 0 Å². The average Bonchev–Trinajstić information content (AvgIpc) is 2.55. The molecular weight excluding hydrogens is 313 g/mol. The van der Waals surface area contributed by atoms with Crippen LogP contribution >= 0.6 is 0 Å². The molecule has 0 aliphatic rings. The van der Waals surface area contributed by atoms with Gasteiger partial charge in [0, 0.05) is 31.9 Å². The van der Waals surface area contributed by atoms with Crippen molar-refractivity contribution in [3.8, 4) is 0 Å². The molecule has 0 aliphatic carbocycles. The van der Waals surface area contributed by atoms with Crippen molar-refractivity contribution in [3.63, 3.8) is 0 Å². The molecule has 6 nitrogen and oxygen atoms in total. The number of carbonyl (C=O) groups is 1. The highest BCUT2D eigenvalue weighted by Gasteiger charge is 2.12. The summed E-state index contributed by atoms with van der Waals surface area (Å²) in [6, 6.07) is 5.65. The lowest BCUT2D eigenvalue weighted by atomic mass is 10.1. The number of nitrogens with one attached hydrogen (secondary N) is 1. The van der Waals surface area contributed by atoms with Crippen molar-refractivity contribution < 1.29 is 9.18 Å². The Labute approximate surface area is 137 Å². The molecule has 0 saturated heterocycles. The molecule has 0 radical (unpaired) electrons. The fourth-order valence-electron chi connectivity index (χ4n) is 2.28. The van der Waals surface area contributed by atoms with Gasteiger partial charge >= 0.3 is 5.69 Å². The Hall–Kier alpha value is -2.96. The summed E-state index contributed by atoms with van der Waals surface area (Å²) in [5.74, 6) is -0.872. The van der Waals surface area contributed by atoms with Crippen molar-refractivity contribution in [2.24, 2.45) is 14.1 Å². The minimum Gasteiger partial charge on any atom is -0.346 e. The number of nitrogens with zero attached hydrogens (tertiary/aromatic N) is 2. The van der Waals surface area contributed by atoms with Gasteiger partial charge in [-0.05, 0) is 19.1 Å². The molecule has 0 aliphatic heterocycles. The molecule has 0 fully saturated rings. The third-order valence-corrected chi connectivity index (χ3v) is 3.62. The van der Waals surface area contributed by atoms with Crippen molar-refractivity contribution >= 4 is 12.0 Å². The number of amides is 1. The summed E-state index contributed by atoms with van der Waals surface area (Å²) in [4.78, 5) is 35.5. The zero-order chi connectivity index (χ0) is 17.9. The fourth-order valence-corrected chi connectivity index (χ4v) is 2.28. The summed E-state index contributed by atoms with van der Waals surface area (Å²) in [5.41, 5.74) is -0.371. The van der Waals surface area contributed by atoms with E-state index in [-0.39, 0.29) is 5.56 Å². The van der Waals surface area contributed by atoms with Gasteiger partial charge in [0.2, 0.25) is 5.91 Å². The second-order valence-electron chi connectivity index (χ2n) is 5.43. The van der Waals surface area contributed by atoms with Crippen molar-refractivity contribution in [1.29, 1.82) is 0 Å². The Kier molecular flexibility index (Phi) is 5.13. The van der Waals surface area contributed by atoms with Crippen LogP contribution in [0.4, 0.5) is 4.39 Å². The van der Waals surface area contributed by atoms with Gasteiger partial charge in [0.1, 0.15) is 5.82 Å². The number of rotatable bonds is 4. The minimum absolute atomic E-state index is 0.202. The monoisotopic (exact) mass is 331 g/mol. The summed E-state index contributed by atoms with van der Waals surface area (Å²) in [6.45, 7) is 1.66. The lowest BCUT2D eigenvalue weighted by Gasteiger charge is -2.13. The Balaban J connectivity index is 2.16. The summed E-state index contributed by atoms with van der Waals surface area (Å²) in [7, 11) is 2.88. The average molecular weight is 331 g/mol. The van der Waals surface area contributed by atoms with E-state index in [2.05, 4.69) is 5.32 Å². The Bertz CT molecular complexity index is 912. The third-order valence-electron chi connectivity index (χ3n) is 3.62. The topological polar surface area (TPSA) is 73.1 Å². The normalized spacial score (nSPS) is 12.3. The van der Waals surface area contributed by atoms with E-state index in [1.54, 1.807) is 25.1 Å². The van der Waals surface area contributed by atoms with E-state index in [0.29, 0.717) is 5.56 Å². The summed E-state index contributed by atoms with van der Waals surface area (Å²) in [6.07, 6.45) is 3.86. The quantitative estimate of drug-likeness (QED) is 0.853. The second kappa shape index (κ2) is 7.08. The number of aryl methyl sites for hydroxylation is 1. The number of hydrogen-bond acceptors (Lipinski definition) is 3. The number of benzene rings is 1. The molecule has 2 aromatic rings. The van der Waals surface area contributed by atoms with Crippen LogP contribution in [0.5, 0.6) is 0 Å². The third kappa shape index (κ3) is 3.68. The Morgan fingerprint density at radius 1 is 1.25 bits per heavy atom. The number of halogens is 1. The van der Waals surface area contributed by atoms with E-state index >= 15 is 0 Å². The van der Waals surface area contributed by atoms with Gasteiger partial charge in [-0.3, -0.25) is 14.2 Å². The smallest absolute Gasteiger partial charge is 0.330 e. The minimum atomic E-state index is -0.522. The lowest BCUT2D eigenvalue weighted by Crippen LogP contribution is -2.37. The van der Waals surface area contributed by atoms with Crippen LogP contribution in [0.15, 0.2) is 46.1 Å². The molecular formula is C17H18FN3O3. The molecule has 1 aromatic carbocycles. The van der Waals surface area contributed by atoms with Gasteiger partial charge < -0.3 is 9.88 Å². The van der Waals surface area contributed by atoms with E-state index in [0.717, 1.165) is 4.57 Å². The van der Waals surface area contributed by atoms with Crippen LogP contribution in [-0.2, 0) is 18.9 Å². The highest BCUT2D eigenvalue weighted by Crippen LogP contribution is 2.15. The largest absolute Gasteiger partial charge is 0.346 e. The number of aromatic nitrogens is 2. The molecule has 0 saturated carbocycles. The molecule has 1 heterocycles. The van der Waals surface area contributed by atoms with Gasteiger partial charge in [-0.15, -0.1) is 0 Å². The maximum absolute atomic E-state index is 13.7. The molecule has 1 N–H and O–H groups in total. The molecule has 24 heavy (non-hydrogen) atoms. The van der Waals surface area contributed by atoms with Crippen LogP contribution in [0.1, 0.15) is 24.1 Å². The molecule has 0 bridgehead atoms. The summed E-state index contributed by atoms with van der Waals surface area (Å²) >= 11 is 0. The van der Waals surface area contributed by atoms with Crippen molar-refractivity contribution in [3.05, 3.63) is 74.3 Å². The van der Waals surface area contributed by atoms with Crippen LogP contribution < -0.4 is 16.6 Å². The van der Waals surface area contributed by atoms with Crippen molar-refractivity contribution in [1.82, 2.24) is 14.5 Å². The first kappa shape index (κ1) is 17.4. The molecule has 0 unspecified atom stereocenters. The molecule has 2 rings (SSSR count). The SMILES string of the molecule is C[C@@H](NC(=O)/C=C/c1cn(C)c(=O)n(C)c1=O)c1ccccc1F. The van der Waals surface area contributed by atoms with Gasteiger partial charge in [-0.2, -0.15) is 0 Å². The molecule has 1 aromatic heterocycles. The highest BCUT2D eigenvalue weighted by molar-refractivity contribution is 5.91. The fraction of sp³-hybridized carbons (Fsp3) is 0.235. The first-order chi connectivity index (χ1) is 11.3. The van der Waals surface area contributed by atoms with E-state index in [9.17, 15) is 18.8 Å². The maximum atomic E-state index is 13.7. The highest BCUT2D eigenvalue weighted by atomic mass is 19.1. The number of hydrogen-bond donors (Lipinski definition) is 1. The predicted molar refractivity (Wildman–Crippen MR) is 88.9 cm³/mol. The van der Waals surface area contributed by atoms with Crippen LogP contribution in [0, 0.1) is 5.82 Å². The first-order valence-electron chi connectivity index (χ1n) is 7.31. The Morgan fingerprint density at radius 2 is 1.92 bits per heavy atom. The van der Waals surface area contributed by atoms with Gasteiger partial charge in [0.25, 0.3) is 5.56 Å². The van der Waals surface area contributed by atoms with E-state index in [1.165, 1.54) is 43.1 Å². The van der Waals surface area contributed by atoms with E-state index in [4.69, 9.17) is 0 Å². The van der Waals surface area contributed by atoms with E-state index in [1.807, 2.05) is 0 Å². The first-order valence-corrected chi connectivity index (χ1v) is 7.31. The lowest BCUT2D eigenvalue weighted by molar-refractivity contribution is -0.117. The van der Waals surface area contributed by atoms with E-state index < -0.39 is 29.0 Å². The van der Waals surface area contributed by atoms with Crippen LogP contribution in [0.2, 0.25) is 0 Å². The molecule has 7 heteroatoms. The van der Waals surface area contributed by atoms with Crippen molar-refractivity contribution in [2.75, 3.05) is 0 Å². The van der Waals surface area contributed by atoms with Crippen LogP contribution in [0.3, 0.4) is 0 Å². The summed E-state index contributed by atoms with van der Waals surface area (Å²) in [5, 5.41) is 2.62. The second-order valence-corrected chi connectivity index (χ2v) is 5.43. The van der Waals surface area contributed by atoms with Gasteiger partial charge in [-0.25, -0.2) is 9.18 Å². The molecule has 126 valence electrons. The van der Waals surface area contributed by atoms with Gasteiger partial charge in [-0.1, -0.05) is 18.2 Å². The standard InChI is InChI=1S/C17H18FN3O3/c1-11(13-6-4-5-7-14(13)18)19-15(22)9-8-12-10-20(2)17(24)21(3)16(12)23/h4-11H,1-3H3,(H,19,22)/b9-8+/t11-/m1/s1. The molecule has 1 amide bonds. The van der Waals surface area contributed by atoms with Gasteiger partial charge in [0.05, 0.1) is 11.6 Å². The van der Waals surface area contributed by atoms with Crippen LogP contribution in [0.25, 0.3) is 6.08 Å². The van der Waals surface area contributed by atoms with Crippen molar-refractivity contribution in [2.45, 2.75) is 13.0 Å². The Morgan fingerprint density at radius 3 is 2.58 bits per heavy atom. The molecule has 0 spiro atoms. The zero-order valence-corrected chi connectivity index (χ0v) is 13.6. The molecule has 1 atom stereocenters. The van der Waals surface area contributed by atoms with Crippen LogP contribution in [-0.4, -0.2) is 15.0 Å². The zero-order valence-electron chi connectivity index (χ0n) is 13.6. The maximum Gasteiger partial charge on any atom is 0.330 e. The summed E-state index contributed by atoms with van der Waals surface area (Å²) < 4.78 is 15.9. The predicted octanol–water partition coefficient (Wildman–Crippen LogP) is 1.11. The number of carbonyl (C=O) groups excluding carboxylic acids is 1.